The summed E-state index contributed by atoms with van der Waals surface area (Å²) in [6, 6.07) is 11.0. The highest BCUT2D eigenvalue weighted by Gasteiger charge is 2.04. The highest BCUT2D eigenvalue weighted by molar-refractivity contribution is 5.94. The number of carbonyl (C=O) groups is 2. The zero-order chi connectivity index (χ0) is 18.8. The van der Waals surface area contributed by atoms with E-state index in [-0.39, 0.29) is 11.8 Å². The molecular formula is C20H23N3O3. The largest absolute Gasteiger partial charge is 0.497 e. The normalized spacial score (nSPS) is 10.5. The number of pyridine rings is 1. The van der Waals surface area contributed by atoms with E-state index in [4.69, 9.17) is 4.74 Å². The zero-order valence-electron chi connectivity index (χ0n) is 15.0. The van der Waals surface area contributed by atoms with Gasteiger partial charge in [-0.3, -0.25) is 14.6 Å². The molecule has 1 heterocycles. The average Bonchev–Trinajstić information content (AvgIpc) is 2.67. The standard InChI is InChI=1S/C20H23N3O3/c1-15-4-8-17(14-23-15)20(25)22-13-3-12-21-19(24)11-7-16-5-9-18(26-2)10-6-16/h4-11,14H,3,12-13H2,1-2H3,(H,21,24)(H,22,25). The van der Waals surface area contributed by atoms with Gasteiger partial charge in [0, 0.05) is 31.1 Å². The lowest BCUT2D eigenvalue weighted by Crippen LogP contribution is -2.29. The summed E-state index contributed by atoms with van der Waals surface area (Å²) in [5.74, 6) is 0.438. The molecule has 1 aromatic heterocycles. The smallest absolute Gasteiger partial charge is 0.252 e. The van der Waals surface area contributed by atoms with Crippen molar-refractivity contribution < 1.29 is 14.3 Å². The van der Waals surface area contributed by atoms with Crippen molar-refractivity contribution in [1.29, 1.82) is 0 Å². The van der Waals surface area contributed by atoms with E-state index in [1.165, 1.54) is 6.08 Å². The van der Waals surface area contributed by atoms with Gasteiger partial charge in [0.1, 0.15) is 5.75 Å². The van der Waals surface area contributed by atoms with Crippen molar-refractivity contribution >= 4 is 17.9 Å². The quantitative estimate of drug-likeness (QED) is 0.564. The predicted octanol–water partition coefficient (Wildman–Crippen LogP) is 2.35. The van der Waals surface area contributed by atoms with Crippen molar-refractivity contribution in [3.63, 3.8) is 0 Å². The van der Waals surface area contributed by atoms with Gasteiger partial charge in [0.05, 0.1) is 12.7 Å². The zero-order valence-corrected chi connectivity index (χ0v) is 15.0. The first kappa shape index (κ1) is 19.2. The van der Waals surface area contributed by atoms with E-state index in [1.807, 2.05) is 31.2 Å². The minimum Gasteiger partial charge on any atom is -0.497 e. The highest BCUT2D eigenvalue weighted by Crippen LogP contribution is 2.12. The Morgan fingerprint density at radius 2 is 1.81 bits per heavy atom. The number of benzene rings is 1. The molecule has 0 spiro atoms. The molecule has 2 amide bonds. The molecule has 0 radical (unpaired) electrons. The minimum absolute atomic E-state index is 0.164. The molecule has 6 nitrogen and oxygen atoms in total. The first-order valence-corrected chi connectivity index (χ1v) is 8.39. The number of carbonyl (C=O) groups excluding carboxylic acids is 2. The lowest BCUT2D eigenvalue weighted by Gasteiger charge is -2.06. The Kier molecular flexibility index (Phi) is 7.36. The number of aromatic nitrogens is 1. The van der Waals surface area contributed by atoms with Gasteiger partial charge in [0.2, 0.25) is 5.91 Å². The molecule has 0 aliphatic rings. The van der Waals surface area contributed by atoms with Crippen LogP contribution in [0.25, 0.3) is 6.08 Å². The molecule has 0 saturated heterocycles. The molecular weight excluding hydrogens is 330 g/mol. The number of nitrogens with one attached hydrogen (secondary N) is 2. The Bertz CT molecular complexity index is 753. The monoisotopic (exact) mass is 353 g/mol. The summed E-state index contributed by atoms with van der Waals surface area (Å²) in [5.41, 5.74) is 2.31. The molecule has 0 fully saturated rings. The summed E-state index contributed by atoms with van der Waals surface area (Å²) in [7, 11) is 1.61. The van der Waals surface area contributed by atoms with Crippen molar-refractivity contribution in [1.82, 2.24) is 15.6 Å². The third-order valence-electron chi connectivity index (χ3n) is 3.65. The molecule has 0 aliphatic carbocycles. The van der Waals surface area contributed by atoms with Crippen molar-refractivity contribution in [3.8, 4) is 5.75 Å². The van der Waals surface area contributed by atoms with Gasteiger partial charge in [-0.25, -0.2) is 0 Å². The van der Waals surface area contributed by atoms with Gasteiger partial charge in [0.15, 0.2) is 0 Å². The van der Waals surface area contributed by atoms with Gasteiger partial charge in [-0.15, -0.1) is 0 Å². The first-order chi connectivity index (χ1) is 12.6. The van der Waals surface area contributed by atoms with E-state index >= 15 is 0 Å². The Balaban J connectivity index is 1.64. The van der Waals surface area contributed by atoms with Crippen LogP contribution in [0.15, 0.2) is 48.7 Å². The molecule has 1 aromatic carbocycles. The van der Waals surface area contributed by atoms with Gasteiger partial charge < -0.3 is 15.4 Å². The second-order valence-electron chi connectivity index (χ2n) is 5.70. The van der Waals surface area contributed by atoms with Crippen LogP contribution >= 0.6 is 0 Å². The summed E-state index contributed by atoms with van der Waals surface area (Å²) < 4.78 is 5.08. The average molecular weight is 353 g/mol. The first-order valence-electron chi connectivity index (χ1n) is 8.39. The van der Waals surface area contributed by atoms with E-state index in [1.54, 1.807) is 31.5 Å². The Morgan fingerprint density at radius 3 is 2.46 bits per heavy atom. The maximum absolute atomic E-state index is 11.9. The van der Waals surface area contributed by atoms with Gasteiger partial charge in [0.25, 0.3) is 5.91 Å². The SMILES string of the molecule is COc1ccc(C=CC(=O)NCCCNC(=O)c2ccc(C)nc2)cc1. The Hall–Kier alpha value is -3.15. The maximum Gasteiger partial charge on any atom is 0.252 e. The molecule has 0 unspecified atom stereocenters. The number of rotatable bonds is 8. The maximum atomic E-state index is 11.9. The van der Waals surface area contributed by atoms with Crippen LogP contribution in [-0.4, -0.2) is 37.0 Å². The fraction of sp³-hybridized carbons (Fsp3) is 0.250. The molecule has 136 valence electrons. The molecule has 0 aliphatic heterocycles. The van der Waals surface area contributed by atoms with E-state index in [0.717, 1.165) is 17.0 Å². The summed E-state index contributed by atoms with van der Waals surface area (Å²) in [6.07, 6.45) is 5.42. The van der Waals surface area contributed by atoms with E-state index in [9.17, 15) is 9.59 Å². The molecule has 6 heteroatoms. The number of amides is 2. The number of aryl methyl sites for hydroxylation is 1. The van der Waals surface area contributed by atoms with Gasteiger partial charge >= 0.3 is 0 Å². The lowest BCUT2D eigenvalue weighted by atomic mass is 10.2. The second-order valence-corrected chi connectivity index (χ2v) is 5.70. The van der Waals surface area contributed by atoms with Crippen molar-refractivity contribution in [2.45, 2.75) is 13.3 Å². The Labute approximate surface area is 153 Å². The summed E-state index contributed by atoms with van der Waals surface area (Å²) in [5, 5.41) is 5.58. The number of hydrogen-bond acceptors (Lipinski definition) is 4. The van der Waals surface area contributed by atoms with Crippen LogP contribution in [-0.2, 0) is 4.79 Å². The Morgan fingerprint density at radius 1 is 1.08 bits per heavy atom. The van der Waals surface area contributed by atoms with E-state index < -0.39 is 0 Å². The van der Waals surface area contributed by atoms with E-state index in [0.29, 0.717) is 25.1 Å². The number of methoxy groups -OCH3 is 1. The number of ether oxygens (including phenoxy) is 1. The van der Waals surface area contributed by atoms with Gasteiger partial charge in [-0.2, -0.15) is 0 Å². The molecule has 0 atom stereocenters. The third-order valence-corrected chi connectivity index (χ3v) is 3.65. The minimum atomic E-state index is -0.171. The van der Waals surface area contributed by atoms with Gasteiger partial charge in [-0.1, -0.05) is 12.1 Å². The second kappa shape index (κ2) is 9.98. The molecule has 26 heavy (non-hydrogen) atoms. The van der Waals surface area contributed by atoms with Crippen LogP contribution in [0, 0.1) is 6.92 Å². The fourth-order valence-electron chi connectivity index (χ4n) is 2.15. The molecule has 2 aromatic rings. The van der Waals surface area contributed by atoms with E-state index in [2.05, 4.69) is 15.6 Å². The van der Waals surface area contributed by atoms with Crippen LogP contribution in [0.2, 0.25) is 0 Å². The molecule has 0 bridgehead atoms. The van der Waals surface area contributed by atoms with Gasteiger partial charge in [-0.05, 0) is 49.2 Å². The predicted molar refractivity (Wildman–Crippen MR) is 101 cm³/mol. The number of hydrogen-bond donors (Lipinski definition) is 2. The highest BCUT2D eigenvalue weighted by atomic mass is 16.5. The lowest BCUT2D eigenvalue weighted by molar-refractivity contribution is -0.116. The van der Waals surface area contributed by atoms with Crippen LogP contribution in [0.4, 0.5) is 0 Å². The summed E-state index contributed by atoms with van der Waals surface area (Å²) >= 11 is 0. The number of nitrogens with zero attached hydrogens (tertiary/aromatic N) is 1. The molecule has 0 saturated carbocycles. The van der Waals surface area contributed by atoms with Crippen LogP contribution in [0.5, 0.6) is 5.75 Å². The topological polar surface area (TPSA) is 80.3 Å². The van der Waals surface area contributed by atoms with Crippen LogP contribution < -0.4 is 15.4 Å². The molecule has 2 rings (SSSR count). The van der Waals surface area contributed by atoms with Crippen LogP contribution in [0.1, 0.15) is 28.0 Å². The summed E-state index contributed by atoms with van der Waals surface area (Å²) in [6.45, 7) is 2.83. The van der Waals surface area contributed by atoms with Crippen molar-refractivity contribution in [2.75, 3.05) is 20.2 Å². The van der Waals surface area contributed by atoms with Crippen molar-refractivity contribution in [2.24, 2.45) is 0 Å². The summed E-state index contributed by atoms with van der Waals surface area (Å²) in [4.78, 5) is 27.8. The third kappa shape index (κ3) is 6.39. The van der Waals surface area contributed by atoms with Crippen LogP contribution in [0.3, 0.4) is 0 Å². The fourth-order valence-corrected chi connectivity index (χ4v) is 2.15. The molecule has 2 N–H and O–H groups in total. The van der Waals surface area contributed by atoms with Crippen molar-refractivity contribution in [3.05, 3.63) is 65.5 Å².